The molecule has 2 aromatic heterocycles. The van der Waals surface area contributed by atoms with Crippen LogP contribution in [0.5, 0.6) is 0 Å². The maximum atomic E-state index is 10.8. The van der Waals surface area contributed by atoms with Crippen LogP contribution in [0.3, 0.4) is 0 Å². The standard InChI is InChI=1S/C15H19N3O2S/c1-10(2)9-18(11-3-4-11)14-12(5-6-13(19)20)17-7-8-21-15(17)16-14/h5-8,10-11H,3-4,9H2,1-2H3,(H,19,20). The van der Waals surface area contributed by atoms with Crippen molar-refractivity contribution in [3.63, 3.8) is 0 Å². The zero-order valence-corrected chi connectivity index (χ0v) is 13.0. The molecule has 0 radical (unpaired) electrons. The van der Waals surface area contributed by atoms with E-state index in [0.29, 0.717) is 12.0 Å². The van der Waals surface area contributed by atoms with Crippen molar-refractivity contribution in [1.29, 1.82) is 0 Å². The molecule has 0 amide bonds. The minimum Gasteiger partial charge on any atom is -0.478 e. The van der Waals surface area contributed by atoms with Gasteiger partial charge < -0.3 is 10.0 Å². The van der Waals surface area contributed by atoms with E-state index in [2.05, 4.69) is 18.7 Å². The number of carbonyl (C=O) groups is 1. The van der Waals surface area contributed by atoms with Gasteiger partial charge in [-0.15, -0.1) is 11.3 Å². The Morgan fingerprint density at radius 1 is 1.62 bits per heavy atom. The van der Waals surface area contributed by atoms with Gasteiger partial charge in [0, 0.05) is 30.2 Å². The Hall–Kier alpha value is -1.82. The topological polar surface area (TPSA) is 57.8 Å². The number of carboxylic acids is 1. The molecule has 1 fully saturated rings. The number of hydrogen-bond donors (Lipinski definition) is 1. The summed E-state index contributed by atoms with van der Waals surface area (Å²) in [6, 6.07) is 0.550. The Bertz CT molecular complexity index is 682. The monoisotopic (exact) mass is 305 g/mol. The van der Waals surface area contributed by atoms with Gasteiger partial charge in [0.1, 0.15) is 0 Å². The smallest absolute Gasteiger partial charge is 0.328 e. The van der Waals surface area contributed by atoms with Crippen LogP contribution in [-0.2, 0) is 4.79 Å². The minimum atomic E-state index is -0.937. The maximum Gasteiger partial charge on any atom is 0.328 e. The highest BCUT2D eigenvalue weighted by molar-refractivity contribution is 7.15. The third-order valence-corrected chi connectivity index (χ3v) is 4.24. The van der Waals surface area contributed by atoms with E-state index in [-0.39, 0.29) is 0 Å². The number of fused-ring (bicyclic) bond motifs is 1. The number of rotatable bonds is 6. The Labute approximate surface area is 127 Å². The number of aliphatic carboxylic acids is 1. The fourth-order valence-corrected chi connectivity index (χ4v) is 3.21. The molecule has 0 saturated heterocycles. The number of nitrogens with zero attached hydrogens (tertiary/aromatic N) is 3. The van der Waals surface area contributed by atoms with Crippen molar-refractivity contribution in [2.75, 3.05) is 11.4 Å². The van der Waals surface area contributed by atoms with Crippen LogP contribution in [0.15, 0.2) is 17.7 Å². The summed E-state index contributed by atoms with van der Waals surface area (Å²) in [5, 5.41) is 10.9. The van der Waals surface area contributed by atoms with E-state index in [4.69, 9.17) is 10.1 Å². The lowest BCUT2D eigenvalue weighted by Crippen LogP contribution is -2.30. The largest absolute Gasteiger partial charge is 0.478 e. The molecule has 2 aromatic rings. The molecule has 2 heterocycles. The molecule has 0 bridgehead atoms. The molecule has 3 rings (SSSR count). The number of aromatic nitrogens is 2. The molecule has 1 N–H and O–H groups in total. The van der Waals surface area contributed by atoms with E-state index in [0.717, 1.165) is 23.0 Å². The predicted octanol–water partition coefficient (Wildman–Crippen LogP) is 3.12. The summed E-state index contributed by atoms with van der Waals surface area (Å²) < 4.78 is 1.97. The summed E-state index contributed by atoms with van der Waals surface area (Å²) in [6.45, 7) is 5.34. The zero-order valence-electron chi connectivity index (χ0n) is 12.2. The van der Waals surface area contributed by atoms with Crippen LogP contribution < -0.4 is 4.90 Å². The average Bonchev–Trinajstić information content (AvgIpc) is 3.04. The lowest BCUT2D eigenvalue weighted by molar-refractivity contribution is -0.131. The first-order valence-corrected chi connectivity index (χ1v) is 8.07. The summed E-state index contributed by atoms with van der Waals surface area (Å²) in [5.41, 5.74) is 0.862. The molecule has 6 heteroatoms. The SMILES string of the molecule is CC(C)CN(c1nc2sccn2c1C=CC(=O)O)C1CC1. The molecule has 0 aliphatic heterocycles. The van der Waals surface area contributed by atoms with E-state index >= 15 is 0 Å². The number of carboxylic acid groups (broad SMARTS) is 1. The summed E-state index contributed by atoms with van der Waals surface area (Å²) >= 11 is 1.57. The lowest BCUT2D eigenvalue weighted by Gasteiger charge is -2.25. The van der Waals surface area contributed by atoms with Crippen LogP contribution >= 0.6 is 11.3 Å². The second kappa shape index (κ2) is 5.52. The summed E-state index contributed by atoms with van der Waals surface area (Å²) in [4.78, 5) is 18.8. The van der Waals surface area contributed by atoms with Crippen molar-refractivity contribution in [3.8, 4) is 0 Å². The van der Waals surface area contributed by atoms with Gasteiger partial charge in [-0.3, -0.25) is 4.40 Å². The molecular weight excluding hydrogens is 286 g/mol. The molecule has 5 nitrogen and oxygen atoms in total. The zero-order chi connectivity index (χ0) is 15.0. The number of thiazole rings is 1. The molecule has 0 aromatic carbocycles. The molecular formula is C15H19N3O2S. The van der Waals surface area contributed by atoms with E-state index in [9.17, 15) is 4.79 Å². The molecule has 1 aliphatic carbocycles. The van der Waals surface area contributed by atoms with Gasteiger partial charge in [0.25, 0.3) is 0 Å². The molecule has 112 valence electrons. The number of imidazole rings is 1. The number of anilines is 1. The molecule has 0 spiro atoms. The lowest BCUT2D eigenvalue weighted by atomic mass is 10.2. The van der Waals surface area contributed by atoms with Gasteiger partial charge in [0.2, 0.25) is 0 Å². The normalized spacial score (nSPS) is 15.4. The van der Waals surface area contributed by atoms with Gasteiger partial charge in [-0.25, -0.2) is 9.78 Å². The molecule has 0 unspecified atom stereocenters. The second-order valence-corrected chi connectivity index (χ2v) is 6.70. The highest BCUT2D eigenvalue weighted by Gasteiger charge is 2.32. The van der Waals surface area contributed by atoms with E-state index in [1.807, 2.05) is 16.0 Å². The third kappa shape index (κ3) is 2.95. The fraction of sp³-hybridized carbons (Fsp3) is 0.467. The fourth-order valence-electron chi connectivity index (χ4n) is 2.50. The number of hydrogen-bond acceptors (Lipinski definition) is 4. The Morgan fingerprint density at radius 2 is 2.38 bits per heavy atom. The van der Waals surface area contributed by atoms with Gasteiger partial charge in [0.05, 0.1) is 5.69 Å². The molecule has 1 aliphatic rings. The van der Waals surface area contributed by atoms with Crippen LogP contribution in [0.25, 0.3) is 11.0 Å². The quantitative estimate of drug-likeness (QED) is 0.833. The second-order valence-electron chi connectivity index (χ2n) is 5.83. The van der Waals surface area contributed by atoms with Gasteiger partial charge in [0.15, 0.2) is 10.8 Å². The molecule has 1 saturated carbocycles. The summed E-state index contributed by atoms with van der Waals surface area (Å²) in [5.74, 6) is 0.519. The Kier molecular flexibility index (Phi) is 3.71. The first-order chi connectivity index (χ1) is 10.1. The summed E-state index contributed by atoms with van der Waals surface area (Å²) in [6.07, 6.45) is 7.17. The first kappa shape index (κ1) is 14.1. The van der Waals surface area contributed by atoms with Gasteiger partial charge in [-0.2, -0.15) is 0 Å². The van der Waals surface area contributed by atoms with Crippen molar-refractivity contribution in [3.05, 3.63) is 23.3 Å². The molecule has 0 atom stereocenters. The first-order valence-electron chi connectivity index (χ1n) is 7.19. The van der Waals surface area contributed by atoms with E-state index in [1.54, 1.807) is 17.4 Å². The average molecular weight is 305 g/mol. The van der Waals surface area contributed by atoms with Crippen LogP contribution in [0.4, 0.5) is 5.82 Å². The van der Waals surface area contributed by atoms with Crippen molar-refractivity contribution in [1.82, 2.24) is 9.38 Å². The molecule has 21 heavy (non-hydrogen) atoms. The van der Waals surface area contributed by atoms with Gasteiger partial charge >= 0.3 is 5.97 Å². The third-order valence-electron chi connectivity index (χ3n) is 3.48. The Balaban J connectivity index is 2.04. The highest BCUT2D eigenvalue weighted by atomic mass is 32.1. The van der Waals surface area contributed by atoms with Crippen LogP contribution in [0.1, 0.15) is 32.4 Å². The van der Waals surface area contributed by atoms with Crippen LogP contribution in [0.2, 0.25) is 0 Å². The van der Waals surface area contributed by atoms with Gasteiger partial charge in [-0.05, 0) is 24.8 Å². The van der Waals surface area contributed by atoms with Crippen LogP contribution in [0, 0.1) is 5.92 Å². The highest BCUT2D eigenvalue weighted by Crippen LogP contribution is 2.35. The maximum absolute atomic E-state index is 10.8. The van der Waals surface area contributed by atoms with Crippen molar-refractivity contribution in [2.24, 2.45) is 5.92 Å². The summed E-state index contributed by atoms with van der Waals surface area (Å²) in [7, 11) is 0. The predicted molar refractivity (Wildman–Crippen MR) is 84.9 cm³/mol. The van der Waals surface area contributed by atoms with Crippen molar-refractivity contribution < 1.29 is 9.90 Å². The van der Waals surface area contributed by atoms with Crippen LogP contribution in [-0.4, -0.2) is 33.0 Å². The van der Waals surface area contributed by atoms with Gasteiger partial charge in [-0.1, -0.05) is 13.8 Å². The van der Waals surface area contributed by atoms with Crippen molar-refractivity contribution >= 4 is 34.2 Å². The van der Waals surface area contributed by atoms with E-state index < -0.39 is 5.97 Å². The minimum absolute atomic E-state index is 0.543. The van der Waals surface area contributed by atoms with E-state index in [1.165, 1.54) is 18.9 Å². The van der Waals surface area contributed by atoms with Crippen molar-refractivity contribution in [2.45, 2.75) is 32.7 Å². The Morgan fingerprint density at radius 3 is 3.00 bits per heavy atom.